The van der Waals surface area contributed by atoms with E-state index in [0.717, 1.165) is 9.35 Å². The number of hydrogen-bond acceptors (Lipinski definition) is 3. The van der Waals surface area contributed by atoms with Gasteiger partial charge in [0.2, 0.25) is 0 Å². The molecule has 0 saturated carbocycles. The molecule has 0 atom stereocenters. The summed E-state index contributed by atoms with van der Waals surface area (Å²) in [4.78, 5) is 13.2. The molecule has 102 valence electrons. The molecule has 5 heteroatoms. The molecule has 1 heterocycles. The molecule has 1 aromatic heterocycles. The van der Waals surface area contributed by atoms with Crippen LogP contribution in [-0.4, -0.2) is 17.6 Å². The van der Waals surface area contributed by atoms with Crippen LogP contribution in [0.15, 0.2) is 40.2 Å². The Balaban J connectivity index is 2.09. The predicted molar refractivity (Wildman–Crippen MR) is 83.6 cm³/mol. The first-order valence-electron chi connectivity index (χ1n) is 5.90. The number of aliphatic hydroxyl groups is 1. The summed E-state index contributed by atoms with van der Waals surface area (Å²) >= 11 is 4.96. The maximum absolute atomic E-state index is 12.2. The van der Waals surface area contributed by atoms with Crippen molar-refractivity contribution in [1.82, 2.24) is 5.32 Å². The fourth-order valence-corrected chi connectivity index (χ4v) is 3.02. The molecule has 2 N–H and O–H groups in total. The van der Waals surface area contributed by atoms with Crippen LogP contribution in [0.5, 0.6) is 0 Å². The third-order valence-electron chi connectivity index (χ3n) is 2.52. The van der Waals surface area contributed by atoms with Gasteiger partial charge in [0, 0.05) is 20.3 Å². The van der Waals surface area contributed by atoms with Gasteiger partial charge < -0.3 is 10.4 Å². The molecule has 0 fully saturated rings. The zero-order valence-corrected chi connectivity index (χ0v) is 12.9. The van der Waals surface area contributed by atoms with E-state index in [1.165, 1.54) is 0 Å². The number of aliphatic hydroxyl groups excluding tert-OH is 1. The van der Waals surface area contributed by atoms with Crippen LogP contribution in [0.1, 0.15) is 20.8 Å². The Hall–Kier alpha value is -1.61. The molecule has 0 saturated heterocycles. The Kier molecular flexibility index (Phi) is 5.36. The molecule has 0 spiro atoms. The van der Waals surface area contributed by atoms with Gasteiger partial charge in [0.1, 0.15) is 6.61 Å². The minimum absolute atomic E-state index is 0.169. The van der Waals surface area contributed by atoms with Crippen molar-refractivity contribution < 1.29 is 9.90 Å². The highest BCUT2D eigenvalue weighted by molar-refractivity contribution is 9.10. The number of amides is 1. The Morgan fingerprint density at radius 3 is 2.90 bits per heavy atom. The van der Waals surface area contributed by atoms with Gasteiger partial charge in [-0.05, 0) is 34.1 Å². The SMILES string of the molecule is O=C(NCc1cc(Br)cs1)c1ccccc1C#CCO. The molecule has 0 bridgehead atoms. The van der Waals surface area contributed by atoms with Crippen molar-refractivity contribution in [3.05, 3.63) is 56.2 Å². The number of thiophene rings is 1. The fraction of sp³-hybridized carbons (Fsp3) is 0.133. The molecule has 20 heavy (non-hydrogen) atoms. The van der Waals surface area contributed by atoms with Crippen LogP contribution in [0, 0.1) is 11.8 Å². The van der Waals surface area contributed by atoms with Gasteiger partial charge >= 0.3 is 0 Å². The van der Waals surface area contributed by atoms with E-state index in [9.17, 15) is 4.79 Å². The van der Waals surface area contributed by atoms with Crippen molar-refractivity contribution in [3.63, 3.8) is 0 Å². The molecule has 1 amide bonds. The highest BCUT2D eigenvalue weighted by atomic mass is 79.9. The van der Waals surface area contributed by atoms with Crippen LogP contribution in [0.25, 0.3) is 0 Å². The van der Waals surface area contributed by atoms with Crippen molar-refractivity contribution in [2.24, 2.45) is 0 Å². The Labute approximate surface area is 129 Å². The fourth-order valence-electron chi connectivity index (χ4n) is 1.63. The van der Waals surface area contributed by atoms with Gasteiger partial charge in [-0.25, -0.2) is 0 Å². The highest BCUT2D eigenvalue weighted by Gasteiger charge is 2.09. The number of nitrogens with one attached hydrogen (secondary N) is 1. The maximum Gasteiger partial charge on any atom is 0.252 e. The minimum Gasteiger partial charge on any atom is -0.384 e. The summed E-state index contributed by atoms with van der Waals surface area (Å²) in [5.74, 6) is 5.17. The summed E-state index contributed by atoms with van der Waals surface area (Å²) in [6, 6.07) is 9.07. The summed E-state index contributed by atoms with van der Waals surface area (Å²) in [5, 5.41) is 13.6. The Morgan fingerprint density at radius 2 is 2.20 bits per heavy atom. The molecule has 0 aliphatic rings. The van der Waals surface area contributed by atoms with Gasteiger partial charge in [-0.15, -0.1) is 11.3 Å². The smallest absolute Gasteiger partial charge is 0.252 e. The average molecular weight is 350 g/mol. The van der Waals surface area contributed by atoms with E-state index in [4.69, 9.17) is 5.11 Å². The lowest BCUT2D eigenvalue weighted by atomic mass is 10.1. The lowest BCUT2D eigenvalue weighted by Gasteiger charge is -2.05. The van der Waals surface area contributed by atoms with E-state index < -0.39 is 0 Å². The molecule has 1 aromatic carbocycles. The standard InChI is InChI=1S/C15H12BrNO2S/c16-12-8-13(20-10-12)9-17-15(19)14-6-2-1-4-11(14)5-3-7-18/h1-2,4,6,8,10,18H,7,9H2,(H,17,19). The van der Waals surface area contributed by atoms with Crippen molar-refractivity contribution in [1.29, 1.82) is 0 Å². The second-order valence-corrected chi connectivity index (χ2v) is 5.83. The second kappa shape index (κ2) is 7.25. The first-order valence-corrected chi connectivity index (χ1v) is 7.58. The van der Waals surface area contributed by atoms with Crippen LogP contribution in [0.2, 0.25) is 0 Å². The maximum atomic E-state index is 12.2. The number of carbonyl (C=O) groups is 1. The van der Waals surface area contributed by atoms with Crippen LogP contribution < -0.4 is 5.32 Å². The van der Waals surface area contributed by atoms with E-state index in [0.29, 0.717) is 17.7 Å². The van der Waals surface area contributed by atoms with E-state index in [2.05, 4.69) is 33.1 Å². The molecule has 0 aliphatic carbocycles. The molecular formula is C15H12BrNO2S. The first-order chi connectivity index (χ1) is 9.70. The number of halogens is 1. The zero-order chi connectivity index (χ0) is 14.4. The van der Waals surface area contributed by atoms with Crippen molar-refractivity contribution >= 4 is 33.2 Å². The second-order valence-electron chi connectivity index (χ2n) is 3.92. The van der Waals surface area contributed by atoms with E-state index >= 15 is 0 Å². The zero-order valence-electron chi connectivity index (χ0n) is 10.5. The molecule has 2 aromatic rings. The van der Waals surface area contributed by atoms with Gasteiger partial charge in [0.25, 0.3) is 5.91 Å². The lowest BCUT2D eigenvalue weighted by molar-refractivity contribution is 0.0951. The Bertz CT molecular complexity index is 670. The third kappa shape index (κ3) is 3.94. The number of benzene rings is 1. The normalized spacial score (nSPS) is 9.70. The third-order valence-corrected chi connectivity index (χ3v) is 4.22. The van der Waals surface area contributed by atoms with Crippen molar-refractivity contribution in [3.8, 4) is 11.8 Å². The summed E-state index contributed by atoms with van der Waals surface area (Å²) in [6.45, 7) is 0.260. The summed E-state index contributed by atoms with van der Waals surface area (Å²) in [7, 11) is 0. The van der Waals surface area contributed by atoms with Crippen molar-refractivity contribution in [2.75, 3.05) is 6.61 Å². The summed E-state index contributed by atoms with van der Waals surface area (Å²) in [6.07, 6.45) is 0. The number of carbonyl (C=O) groups excluding carboxylic acids is 1. The number of hydrogen-bond donors (Lipinski definition) is 2. The quantitative estimate of drug-likeness (QED) is 0.837. The van der Waals surface area contributed by atoms with Crippen LogP contribution >= 0.6 is 27.3 Å². The molecule has 3 nitrogen and oxygen atoms in total. The van der Waals surface area contributed by atoms with Gasteiger partial charge in [-0.3, -0.25) is 4.79 Å². The van der Waals surface area contributed by atoms with E-state index in [-0.39, 0.29) is 12.5 Å². The Morgan fingerprint density at radius 1 is 1.40 bits per heavy atom. The number of rotatable bonds is 3. The van der Waals surface area contributed by atoms with E-state index in [1.54, 1.807) is 29.5 Å². The van der Waals surface area contributed by atoms with Gasteiger partial charge in [0.15, 0.2) is 0 Å². The van der Waals surface area contributed by atoms with Crippen molar-refractivity contribution in [2.45, 2.75) is 6.54 Å². The molecule has 0 radical (unpaired) electrons. The van der Waals surface area contributed by atoms with Gasteiger partial charge in [0.05, 0.1) is 12.1 Å². The molecule has 2 rings (SSSR count). The topological polar surface area (TPSA) is 49.3 Å². The summed E-state index contributed by atoms with van der Waals surface area (Å²) < 4.78 is 1.01. The first kappa shape index (κ1) is 14.8. The van der Waals surface area contributed by atoms with Crippen LogP contribution in [0.4, 0.5) is 0 Å². The van der Waals surface area contributed by atoms with Gasteiger partial charge in [-0.1, -0.05) is 24.0 Å². The van der Waals surface area contributed by atoms with E-state index in [1.807, 2.05) is 17.5 Å². The highest BCUT2D eigenvalue weighted by Crippen LogP contribution is 2.19. The molecular weight excluding hydrogens is 338 g/mol. The largest absolute Gasteiger partial charge is 0.384 e. The minimum atomic E-state index is -0.223. The molecule has 0 aliphatic heterocycles. The van der Waals surface area contributed by atoms with Crippen LogP contribution in [0.3, 0.4) is 0 Å². The van der Waals surface area contributed by atoms with Gasteiger partial charge in [-0.2, -0.15) is 0 Å². The predicted octanol–water partition coefficient (Wildman–Crippen LogP) is 2.78. The summed E-state index contributed by atoms with van der Waals surface area (Å²) in [5.41, 5.74) is 1.13. The average Bonchev–Trinajstić information content (AvgIpc) is 2.88. The monoisotopic (exact) mass is 349 g/mol. The lowest BCUT2D eigenvalue weighted by Crippen LogP contribution is -2.23. The molecule has 0 unspecified atom stereocenters. The van der Waals surface area contributed by atoms with Crippen LogP contribution in [-0.2, 0) is 6.54 Å².